The minimum Gasteiger partial charge on any atom is -0.494 e. The molecule has 0 spiro atoms. The van der Waals surface area contributed by atoms with E-state index in [0.717, 1.165) is 0 Å². The zero-order valence-corrected chi connectivity index (χ0v) is 9.26. The van der Waals surface area contributed by atoms with E-state index in [1.54, 1.807) is 0 Å². The summed E-state index contributed by atoms with van der Waals surface area (Å²) in [6, 6.07) is 2.85. The number of pyridine rings is 1. The minimum atomic E-state index is -3.75. The van der Waals surface area contributed by atoms with E-state index < -0.39 is 14.4 Å². The number of aromatic nitrogens is 1. The van der Waals surface area contributed by atoms with Crippen molar-refractivity contribution < 1.29 is 13.5 Å². The van der Waals surface area contributed by atoms with Gasteiger partial charge >= 0.3 is 0 Å². The lowest BCUT2D eigenvalue weighted by Crippen LogP contribution is -1.98. The van der Waals surface area contributed by atoms with Gasteiger partial charge in [-0.05, 0) is 35.9 Å². The number of sulfonamides is 1. The summed E-state index contributed by atoms with van der Waals surface area (Å²) in [6.07, 6.45) is 2.63. The van der Waals surface area contributed by atoms with Gasteiger partial charge in [-0.3, -0.25) is 4.98 Å². The largest absolute Gasteiger partial charge is 0.494 e. The van der Waals surface area contributed by atoms with Gasteiger partial charge in [-0.1, -0.05) is 0 Å². The van der Waals surface area contributed by atoms with Crippen molar-refractivity contribution in [3.63, 3.8) is 0 Å². The molecule has 1 aromatic heterocycles. The summed E-state index contributed by atoms with van der Waals surface area (Å²) in [7, 11) is -3.75. The Morgan fingerprint density at radius 2 is 2.36 bits per heavy atom. The molecule has 1 aromatic rings. The number of hydrogen-bond acceptors (Lipinski definition) is 4. The van der Waals surface area contributed by atoms with Crippen LogP contribution in [-0.4, -0.2) is 22.9 Å². The first kappa shape index (κ1) is 11.2. The quantitative estimate of drug-likeness (QED) is 0.594. The number of aliphatic hydroxyl groups excluding tert-OH is 1. The summed E-state index contributed by atoms with van der Waals surface area (Å²) in [4.78, 5) is 3.62. The zero-order chi connectivity index (χ0) is 10.6. The van der Waals surface area contributed by atoms with Crippen LogP contribution in [0.3, 0.4) is 0 Å². The molecule has 0 amide bonds. The van der Waals surface area contributed by atoms with Gasteiger partial charge in [0.15, 0.2) is 0 Å². The van der Waals surface area contributed by atoms with Gasteiger partial charge in [-0.15, -0.1) is 3.77 Å². The molecular formula is C6H6N2O3S3. The van der Waals surface area contributed by atoms with E-state index in [9.17, 15) is 8.42 Å². The lowest BCUT2D eigenvalue weighted by atomic mass is 10.5. The molecule has 0 aliphatic heterocycles. The van der Waals surface area contributed by atoms with E-state index in [1.807, 2.05) is 0 Å². The molecule has 0 aromatic carbocycles. The monoisotopic (exact) mass is 250 g/mol. The summed E-state index contributed by atoms with van der Waals surface area (Å²) in [5, 5.41) is 8.61. The molecule has 0 aliphatic rings. The summed E-state index contributed by atoms with van der Waals surface area (Å²) >= 11 is 4.13. The molecule has 0 saturated carbocycles. The second-order valence-corrected chi connectivity index (χ2v) is 5.52. The molecule has 0 saturated heterocycles. The van der Waals surface area contributed by atoms with Crippen LogP contribution in [0.2, 0.25) is 0 Å². The summed E-state index contributed by atoms with van der Waals surface area (Å²) < 4.78 is 25.5. The SMILES string of the molecule is O=S(=O)(N=[SH]C(O)=S)c1cccnc1. The van der Waals surface area contributed by atoms with Crippen molar-refractivity contribution in [2.75, 3.05) is 0 Å². The minimum absolute atomic E-state index is 0.0243. The first-order chi connectivity index (χ1) is 6.52. The van der Waals surface area contributed by atoms with Crippen LogP contribution in [0, 0.1) is 0 Å². The number of rotatable bonds is 2. The highest BCUT2D eigenvalue weighted by Crippen LogP contribution is 2.09. The summed E-state index contributed by atoms with van der Waals surface area (Å²) in [5.74, 6) is 0. The molecule has 0 aliphatic carbocycles. The zero-order valence-electron chi connectivity index (χ0n) is 6.73. The van der Waals surface area contributed by atoms with Crippen molar-refractivity contribution in [2.45, 2.75) is 4.90 Å². The standard InChI is InChI=1S/C6H6N2O3S3/c9-6(12)13-8-14(10,11)5-2-1-3-7-4-5/h1-4,13H,(H,9,12). The van der Waals surface area contributed by atoms with Gasteiger partial charge in [0.05, 0.1) is 0 Å². The van der Waals surface area contributed by atoms with Crippen LogP contribution in [0.15, 0.2) is 33.2 Å². The third kappa shape index (κ3) is 3.13. The topological polar surface area (TPSA) is 79.6 Å². The normalized spacial score (nSPS) is 12.3. The Kier molecular flexibility index (Phi) is 3.67. The maximum atomic E-state index is 11.4. The third-order valence-electron chi connectivity index (χ3n) is 1.17. The molecule has 0 radical (unpaired) electrons. The fourth-order valence-corrected chi connectivity index (χ4v) is 2.47. The first-order valence-electron chi connectivity index (χ1n) is 3.33. The van der Waals surface area contributed by atoms with Gasteiger partial charge in [0, 0.05) is 12.4 Å². The van der Waals surface area contributed by atoms with E-state index in [4.69, 9.17) is 5.11 Å². The molecule has 0 unspecified atom stereocenters. The highest BCUT2D eigenvalue weighted by molar-refractivity contribution is 8.07. The number of hydrogen-bond donors (Lipinski definition) is 2. The van der Waals surface area contributed by atoms with Crippen LogP contribution in [0.4, 0.5) is 0 Å². The highest BCUT2D eigenvalue weighted by Gasteiger charge is 2.11. The lowest BCUT2D eigenvalue weighted by Gasteiger charge is -1.95. The molecule has 1 heterocycles. The van der Waals surface area contributed by atoms with E-state index >= 15 is 0 Å². The maximum absolute atomic E-state index is 11.4. The van der Waals surface area contributed by atoms with Crippen molar-refractivity contribution in [3.05, 3.63) is 24.5 Å². The molecule has 76 valence electrons. The van der Waals surface area contributed by atoms with Gasteiger partial charge in [0.2, 0.25) is 4.38 Å². The molecule has 14 heavy (non-hydrogen) atoms. The van der Waals surface area contributed by atoms with Crippen molar-refractivity contribution in [2.24, 2.45) is 3.77 Å². The number of aliphatic hydroxyl groups is 1. The average molecular weight is 250 g/mol. The fourth-order valence-electron chi connectivity index (χ4n) is 0.635. The van der Waals surface area contributed by atoms with E-state index in [0.29, 0.717) is 0 Å². The van der Waals surface area contributed by atoms with Crippen molar-refractivity contribution in [1.29, 1.82) is 0 Å². The molecule has 1 rings (SSSR count). The van der Waals surface area contributed by atoms with Crippen LogP contribution in [0.5, 0.6) is 0 Å². The second kappa shape index (κ2) is 4.58. The molecule has 0 bridgehead atoms. The second-order valence-electron chi connectivity index (χ2n) is 2.13. The van der Waals surface area contributed by atoms with Gasteiger partial charge in [0.1, 0.15) is 4.90 Å². The Morgan fingerprint density at radius 1 is 1.64 bits per heavy atom. The first-order valence-corrected chi connectivity index (χ1v) is 6.03. The molecule has 1 N–H and O–H groups in total. The van der Waals surface area contributed by atoms with Crippen LogP contribution in [0.1, 0.15) is 0 Å². The van der Waals surface area contributed by atoms with Crippen LogP contribution in [-0.2, 0) is 21.6 Å². The van der Waals surface area contributed by atoms with Crippen LogP contribution < -0.4 is 0 Å². The smallest absolute Gasteiger partial charge is 0.289 e. The Morgan fingerprint density at radius 3 is 2.86 bits per heavy atom. The number of thiol groups is 1. The van der Waals surface area contributed by atoms with Gasteiger partial charge in [-0.25, -0.2) is 0 Å². The van der Waals surface area contributed by atoms with Crippen LogP contribution >= 0.6 is 12.2 Å². The Labute approximate surface area is 90.0 Å². The molecular weight excluding hydrogens is 244 g/mol. The predicted molar refractivity (Wildman–Crippen MR) is 57.8 cm³/mol. The predicted octanol–water partition coefficient (Wildman–Crippen LogP) is 0.612. The molecule has 5 nitrogen and oxygen atoms in total. The van der Waals surface area contributed by atoms with Crippen molar-refractivity contribution in [3.8, 4) is 0 Å². The maximum Gasteiger partial charge on any atom is 0.289 e. The average Bonchev–Trinajstić information content (AvgIpc) is 2.16. The van der Waals surface area contributed by atoms with E-state index in [2.05, 4.69) is 21.0 Å². The highest BCUT2D eigenvalue weighted by atomic mass is 32.2. The van der Waals surface area contributed by atoms with Gasteiger partial charge < -0.3 is 5.11 Å². The molecule has 0 atom stereocenters. The Bertz CT molecular complexity index is 454. The van der Waals surface area contributed by atoms with Gasteiger partial charge in [0.25, 0.3) is 10.0 Å². The fraction of sp³-hybridized carbons (Fsp3) is 0. The third-order valence-corrected chi connectivity index (χ3v) is 3.61. The lowest BCUT2D eigenvalue weighted by molar-refractivity contribution is 0.585. The van der Waals surface area contributed by atoms with E-state index in [-0.39, 0.29) is 16.5 Å². The number of thiocarbonyl (C=S) groups is 1. The van der Waals surface area contributed by atoms with Gasteiger partial charge in [-0.2, -0.15) is 8.42 Å². The molecule has 0 fully saturated rings. The van der Waals surface area contributed by atoms with Crippen molar-refractivity contribution in [1.82, 2.24) is 4.98 Å². The van der Waals surface area contributed by atoms with E-state index in [1.165, 1.54) is 24.5 Å². The summed E-state index contributed by atoms with van der Waals surface area (Å²) in [5.41, 5.74) is 0. The summed E-state index contributed by atoms with van der Waals surface area (Å²) in [6.45, 7) is 0. The van der Waals surface area contributed by atoms with Crippen molar-refractivity contribution >= 4 is 38.2 Å². The Hall–Kier alpha value is -0.860. The molecule has 8 heteroatoms. The number of nitrogens with zero attached hydrogens (tertiary/aromatic N) is 2. The van der Waals surface area contributed by atoms with Crippen LogP contribution in [0.25, 0.3) is 0 Å². The Balaban J connectivity index is 3.05.